The second-order valence-electron chi connectivity index (χ2n) is 5.23. The SMILES string of the molecule is Nc1cc(NC(=O)CCN2CCCCCC2=O)ccc1Cl. The van der Waals surface area contributed by atoms with Crippen LogP contribution in [0.15, 0.2) is 18.2 Å². The van der Waals surface area contributed by atoms with Crippen molar-refractivity contribution in [3.8, 4) is 0 Å². The van der Waals surface area contributed by atoms with E-state index in [1.807, 2.05) is 0 Å². The fraction of sp³-hybridized carbons (Fsp3) is 0.467. The molecular weight excluding hydrogens is 290 g/mol. The Bertz CT molecular complexity index is 534. The lowest BCUT2D eigenvalue weighted by Crippen LogP contribution is -2.33. The van der Waals surface area contributed by atoms with Crippen LogP contribution in [0.1, 0.15) is 32.1 Å². The number of nitrogens with two attached hydrogens (primary N) is 1. The zero-order valence-electron chi connectivity index (χ0n) is 11.9. The van der Waals surface area contributed by atoms with Crippen molar-refractivity contribution >= 4 is 34.8 Å². The fourth-order valence-electron chi connectivity index (χ4n) is 2.36. The van der Waals surface area contributed by atoms with Gasteiger partial charge in [0.1, 0.15) is 0 Å². The summed E-state index contributed by atoms with van der Waals surface area (Å²) in [4.78, 5) is 25.5. The predicted molar refractivity (Wildman–Crippen MR) is 84.2 cm³/mol. The predicted octanol–water partition coefficient (Wildman–Crippen LogP) is 2.65. The van der Waals surface area contributed by atoms with Gasteiger partial charge in [-0.3, -0.25) is 9.59 Å². The van der Waals surface area contributed by atoms with Crippen molar-refractivity contribution in [2.45, 2.75) is 32.1 Å². The molecule has 0 saturated carbocycles. The van der Waals surface area contributed by atoms with Gasteiger partial charge in [0.15, 0.2) is 0 Å². The number of benzene rings is 1. The number of nitrogen functional groups attached to an aromatic ring is 1. The zero-order valence-corrected chi connectivity index (χ0v) is 12.7. The smallest absolute Gasteiger partial charge is 0.226 e. The highest BCUT2D eigenvalue weighted by atomic mass is 35.5. The summed E-state index contributed by atoms with van der Waals surface area (Å²) in [6.45, 7) is 1.22. The molecule has 114 valence electrons. The molecule has 0 spiro atoms. The van der Waals surface area contributed by atoms with Crippen LogP contribution in [0, 0.1) is 0 Å². The van der Waals surface area contributed by atoms with E-state index >= 15 is 0 Å². The average Bonchev–Trinajstić information content (AvgIpc) is 2.65. The second kappa shape index (κ2) is 7.31. The van der Waals surface area contributed by atoms with E-state index in [1.165, 1.54) is 0 Å². The van der Waals surface area contributed by atoms with Gasteiger partial charge in [-0.2, -0.15) is 0 Å². The largest absolute Gasteiger partial charge is 0.397 e. The Morgan fingerprint density at radius 1 is 1.33 bits per heavy atom. The Morgan fingerprint density at radius 3 is 2.90 bits per heavy atom. The van der Waals surface area contributed by atoms with Crippen molar-refractivity contribution in [2.75, 3.05) is 24.1 Å². The Labute approximate surface area is 129 Å². The first kappa shape index (κ1) is 15.6. The van der Waals surface area contributed by atoms with E-state index in [4.69, 9.17) is 17.3 Å². The third-order valence-corrected chi connectivity index (χ3v) is 3.90. The maximum absolute atomic E-state index is 11.9. The molecule has 1 aliphatic heterocycles. The summed E-state index contributed by atoms with van der Waals surface area (Å²) < 4.78 is 0. The highest BCUT2D eigenvalue weighted by Gasteiger charge is 2.17. The number of halogens is 1. The summed E-state index contributed by atoms with van der Waals surface area (Å²) in [5, 5.41) is 3.23. The van der Waals surface area contributed by atoms with Crippen LogP contribution in [-0.4, -0.2) is 29.8 Å². The third kappa shape index (κ3) is 4.63. The van der Waals surface area contributed by atoms with Crippen LogP contribution in [0.25, 0.3) is 0 Å². The lowest BCUT2D eigenvalue weighted by Gasteiger charge is -2.20. The van der Waals surface area contributed by atoms with Crippen LogP contribution in [0.4, 0.5) is 11.4 Å². The van der Waals surface area contributed by atoms with Crippen molar-refractivity contribution in [1.82, 2.24) is 4.90 Å². The number of nitrogens with one attached hydrogen (secondary N) is 1. The Morgan fingerprint density at radius 2 is 2.14 bits per heavy atom. The van der Waals surface area contributed by atoms with Crippen molar-refractivity contribution in [3.63, 3.8) is 0 Å². The molecule has 0 atom stereocenters. The van der Waals surface area contributed by atoms with E-state index in [0.717, 1.165) is 25.8 Å². The first-order chi connectivity index (χ1) is 10.1. The van der Waals surface area contributed by atoms with Crippen LogP contribution in [-0.2, 0) is 9.59 Å². The fourth-order valence-corrected chi connectivity index (χ4v) is 2.47. The van der Waals surface area contributed by atoms with Crippen molar-refractivity contribution in [1.29, 1.82) is 0 Å². The number of likely N-dealkylation sites (tertiary alicyclic amines) is 1. The van der Waals surface area contributed by atoms with Crippen LogP contribution in [0.2, 0.25) is 5.02 Å². The van der Waals surface area contributed by atoms with Gasteiger partial charge < -0.3 is 16.0 Å². The topological polar surface area (TPSA) is 75.4 Å². The molecule has 2 rings (SSSR count). The minimum atomic E-state index is -0.131. The van der Waals surface area contributed by atoms with Gasteiger partial charge in [0.25, 0.3) is 0 Å². The summed E-state index contributed by atoms with van der Waals surface area (Å²) in [7, 11) is 0. The molecule has 0 unspecified atom stereocenters. The van der Waals surface area contributed by atoms with Crippen LogP contribution < -0.4 is 11.1 Å². The molecule has 1 saturated heterocycles. The molecule has 0 bridgehead atoms. The molecular formula is C15H20ClN3O2. The van der Waals surface area contributed by atoms with Gasteiger partial charge in [-0.05, 0) is 31.0 Å². The van der Waals surface area contributed by atoms with Crippen LogP contribution in [0.5, 0.6) is 0 Å². The second-order valence-corrected chi connectivity index (χ2v) is 5.63. The van der Waals surface area contributed by atoms with E-state index in [2.05, 4.69) is 5.32 Å². The lowest BCUT2D eigenvalue weighted by atomic mass is 10.2. The van der Waals surface area contributed by atoms with Gasteiger partial charge in [0, 0.05) is 31.6 Å². The van der Waals surface area contributed by atoms with Gasteiger partial charge in [-0.15, -0.1) is 0 Å². The molecule has 1 aliphatic rings. The van der Waals surface area contributed by atoms with Crippen LogP contribution >= 0.6 is 11.6 Å². The van der Waals surface area contributed by atoms with Gasteiger partial charge in [-0.1, -0.05) is 18.0 Å². The highest BCUT2D eigenvalue weighted by molar-refractivity contribution is 6.33. The number of carbonyl (C=O) groups is 2. The number of hydrogen-bond acceptors (Lipinski definition) is 3. The van der Waals surface area contributed by atoms with E-state index < -0.39 is 0 Å². The van der Waals surface area contributed by atoms with Crippen molar-refractivity contribution < 1.29 is 9.59 Å². The molecule has 0 radical (unpaired) electrons. The monoisotopic (exact) mass is 309 g/mol. The quantitative estimate of drug-likeness (QED) is 0.840. The van der Waals surface area contributed by atoms with Gasteiger partial charge in [0.2, 0.25) is 11.8 Å². The minimum absolute atomic E-state index is 0.131. The normalized spacial score (nSPS) is 15.7. The maximum Gasteiger partial charge on any atom is 0.226 e. The molecule has 1 heterocycles. The first-order valence-electron chi connectivity index (χ1n) is 7.19. The third-order valence-electron chi connectivity index (χ3n) is 3.56. The number of amides is 2. The Hall–Kier alpha value is -1.75. The molecule has 1 aromatic rings. The summed E-state index contributed by atoms with van der Waals surface area (Å²) in [6, 6.07) is 4.97. The van der Waals surface area contributed by atoms with E-state index in [9.17, 15) is 9.59 Å². The van der Waals surface area contributed by atoms with Crippen molar-refractivity contribution in [3.05, 3.63) is 23.2 Å². The van der Waals surface area contributed by atoms with Gasteiger partial charge in [-0.25, -0.2) is 0 Å². The number of carbonyl (C=O) groups excluding carboxylic acids is 2. The zero-order chi connectivity index (χ0) is 15.2. The standard InChI is InChI=1S/C15H20ClN3O2/c16-12-6-5-11(10-13(12)17)18-14(20)7-9-19-8-3-1-2-4-15(19)21/h5-6,10H,1-4,7-9,17H2,(H,18,20). The molecule has 6 heteroatoms. The number of nitrogens with zero attached hydrogens (tertiary/aromatic N) is 1. The Balaban J connectivity index is 1.83. The molecule has 3 N–H and O–H groups in total. The molecule has 21 heavy (non-hydrogen) atoms. The summed E-state index contributed by atoms with van der Waals surface area (Å²) in [5.74, 6) is 0.0183. The average molecular weight is 310 g/mol. The molecule has 0 aliphatic carbocycles. The molecule has 5 nitrogen and oxygen atoms in total. The number of hydrogen-bond donors (Lipinski definition) is 2. The molecule has 1 aromatic carbocycles. The molecule has 0 aromatic heterocycles. The summed E-state index contributed by atoms with van der Waals surface area (Å²) in [6.07, 6.45) is 3.93. The molecule has 2 amide bonds. The number of anilines is 2. The van der Waals surface area contributed by atoms with Crippen molar-refractivity contribution in [2.24, 2.45) is 0 Å². The van der Waals surface area contributed by atoms with E-state index in [0.29, 0.717) is 29.4 Å². The van der Waals surface area contributed by atoms with E-state index in [1.54, 1.807) is 23.1 Å². The van der Waals surface area contributed by atoms with Gasteiger partial charge >= 0.3 is 0 Å². The van der Waals surface area contributed by atoms with Crippen LogP contribution in [0.3, 0.4) is 0 Å². The Kier molecular flexibility index (Phi) is 5.44. The summed E-state index contributed by atoms with van der Waals surface area (Å²) >= 11 is 5.83. The minimum Gasteiger partial charge on any atom is -0.397 e. The van der Waals surface area contributed by atoms with E-state index in [-0.39, 0.29) is 18.2 Å². The first-order valence-corrected chi connectivity index (χ1v) is 7.57. The maximum atomic E-state index is 11.9. The molecule has 1 fully saturated rings. The highest BCUT2D eigenvalue weighted by Crippen LogP contribution is 2.22. The lowest BCUT2D eigenvalue weighted by molar-refractivity contribution is -0.131. The summed E-state index contributed by atoms with van der Waals surface area (Å²) in [5.41, 5.74) is 6.73. The van der Waals surface area contributed by atoms with Gasteiger partial charge in [0.05, 0.1) is 10.7 Å². The number of rotatable bonds is 4.